The van der Waals surface area contributed by atoms with Gasteiger partial charge in [-0.2, -0.15) is 0 Å². The van der Waals surface area contributed by atoms with E-state index >= 15 is 0 Å². The Balaban J connectivity index is 3.36. The Labute approximate surface area is 84.3 Å². The maximum Gasteiger partial charge on any atom is 0.310 e. The molecule has 0 aliphatic heterocycles. The topological polar surface area (TPSA) is 63.6 Å². The maximum atomic E-state index is 11.0. The summed E-state index contributed by atoms with van der Waals surface area (Å²) in [5.74, 6) is -1.23. The summed E-state index contributed by atoms with van der Waals surface area (Å²) >= 11 is 0. The predicted molar refractivity (Wildman–Crippen MR) is 52.2 cm³/mol. The van der Waals surface area contributed by atoms with Gasteiger partial charge in [-0.15, -0.1) is 0 Å². The number of carboxylic acids is 1. The highest BCUT2D eigenvalue weighted by molar-refractivity contribution is 5.94. The van der Waals surface area contributed by atoms with E-state index in [1.54, 1.807) is 7.11 Å². The number of hydrogen-bond acceptors (Lipinski definition) is 3. The minimum absolute atomic E-state index is 0.192. The van der Waals surface area contributed by atoms with Crippen molar-refractivity contribution in [1.82, 2.24) is 0 Å². The molecule has 0 saturated carbocycles. The van der Waals surface area contributed by atoms with Crippen LogP contribution in [0, 0.1) is 0 Å². The van der Waals surface area contributed by atoms with Crippen molar-refractivity contribution in [1.29, 1.82) is 0 Å². The van der Waals surface area contributed by atoms with Crippen molar-refractivity contribution in [3.63, 3.8) is 0 Å². The molecule has 0 bridgehead atoms. The zero-order chi connectivity index (χ0) is 11.0. The van der Waals surface area contributed by atoms with Gasteiger partial charge in [-0.05, 0) is 19.8 Å². The first-order valence-electron chi connectivity index (χ1n) is 4.82. The van der Waals surface area contributed by atoms with Crippen molar-refractivity contribution < 1.29 is 19.4 Å². The molecule has 0 radical (unpaired) electrons. The lowest BCUT2D eigenvalue weighted by Gasteiger charge is -2.07. The number of ketones is 1. The fourth-order valence-corrected chi connectivity index (χ4v) is 1.13. The first kappa shape index (κ1) is 13.1. The normalized spacial score (nSPS) is 12.4. The van der Waals surface area contributed by atoms with Crippen molar-refractivity contribution in [2.75, 3.05) is 7.11 Å². The minimum Gasteiger partial charge on any atom is -0.481 e. The standard InChI is InChI=1S/C10H18O4/c1-8(14-2)5-3-4-6-9(11)7-10(12)13/h8H,3-7H2,1-2H3,(H,12,13). The van der Waals surface area contributed by atoms with Crippen molar-refractivity contribution in [2.24, 2.45) is 0 Å². The van der Waals surface area contributed by atoms with Crippen LogP contribution < -0.4 is 0 Å². The molecule has 4 heteroatoms. The highest BCUT2D eigenvalue weighted by Gasteiger charge is 2.07. The van der Waals surface area contributed by atoms with Crippen molar-refractivity contribution >= 4 is 11.8 Å². The zero-order valence-corrected chi connectivity index (χ0v) is 8.78. The first-order chi connectivity index (χ1) is 6.56. The second-order valence-corrected chi connectivity index (χ2v) is 3.40. The molecule has 1 N–H and O–H groups in total. The Morgan fingerprint density at radius 1 is 1.36 bits per heavy atom. The molecule has 0 spiro atoms. The van der Waals surface area contributed by atoms with E-state index in [4.69, 9.17) is 9.84 Å². The average molecular weight is 202 g/mol. The second-order valence-electron chi connectivity index (χ2n) is 3.40. The fraction of sp³-hybridized carbons (Fsp3) is 0.800. The molecule has 1 unspecified atom stereocenters. The third kappa shape index (κ3) is 7.73. The summed E-state index contributed by atoms with van der Waals surface area (Å²) in [7, 11) is 1.65. The molecule has 82 valence electrons. The van der Waals surface area contributed by atoms with Crippen LogP contribution in [0.15, 0.2) is 0 Å². The van der Waals surface area contributed by atoms with E-state index in [1.165, 1.54) is 0 Å². The Bertz CT molecular complexity index is 189. The quantitative estimate of drug-likeness (QED) is 0.480. The second kappa shape index (κ2) is 7.50. The van der Waals surface area contributed by atoms with E-state index in [9.17, 15) is 9.59 Å². The number of ether oxygens (including phenoxy) is 1. The number of carbonyl (C=O) groups excluding carboxylic acids is 1. The molecule has 0 heterocycles. The van der Waals surface area contributed by atoms with E-state index in [0.717, 1.165) is 19.3 Å². The SMILES string of the molecule is COC(C)CCCCC(=O)CC(=O)O. The van der Waals surface area contributed by atoms with Gasteiger partial charge in [-0.25, -0.2) is 0 Å². The van der Waals surface area contributed by atoms with Gasteiger partial charge in [-0.1, -0.05) is 6.42 Å². The van der Waals surface area contributed by atoms with Crippen molar-refractivity contribution in [3.8, 4) is 0 Å². The summed E-state index contributed by atoms with van der Waals surface area (Å²) in [5, 5.41) is 8.33. The first-order valence-corrected chi connectivity index (χ1v) is 4.82. The van der Waals surface area contributed by atoms with Crippen molar-refractivity contribution in [3.05, 3.63) is 0 Å². The molecule has 0 saturated heterocycles. The van der Waals surface area contributed by atoms with Crippen molar-refractivity contribution in [2.45, 2.75) is 45.1 Å². The number of aliphatic carboxylic acids is 1. The zero-order valence-electron chi connectivity index (χ0n) is 8.78. The highest BCUT2D eigenvalue weighted by Crippen LogP contribution is 2.06. The van der Waals surface area contributed by atoms with Gasteiger partial charge in [-0.3, -0.25) is 9.59 Å². The average Bonchev–Trinajstić information content (AvgIpc) is 2.10. The Morgan fingerprint density at radius 2 is 2.00 bits per heavy atom. The summed E-state index contributed by atoms with van der Waals surface area (Å²) in [6.07, 6.45) is 2.80. The van der Waals surface area contributed by atoms with E-state index in [0.29, 0.717) is 6.42 Å². The molecular formula is C10H18O4. The van der Waals surface area contributed by atoms with Gasteiger partial charge in [0.15, 0.2) is 0 Å². The lowest BCUT2D eigenvalue weighted by molar-refractivity contribution is -0.140. The fourth-order valence-electron chi connectivity index (χ4n) is 1.13. The van der Waals surface area contributed by atoms with Crippen LogP contribution in [0.3, 0.4) is 0 Å². The number of carbonyl (C=O) groups is 2. The van der Waals surface area contributed by atoms with Gasteiger partial charge in [0.2, 0.25) is 0 Å². The number of hydrogen-bond donors (Lipinski definition) is 1. The number of rotatable bonds is 8. The molecule has 0 aromatic rings. The van der Waals surface area contributed by atoms with Crippen LogP contribution in [0.2, 0.25) is 0 Å². The molecule has 0 aliphatic carbocycles. The van der Waals surface area contributed by atoms with Crippen LogP contribution in [0.5, 0.6) is 0 Å². The molecular weight excluding hydrogens is 184 g/mol. The van der Waals surface area contributed by atoms with Gasteiger partial charge in [0.1, 0.15) is 12.2 Å². The number of unbranched alkanes of at least 4 members (excludes halogenated alkanes) is 1. The maximum absolute atomic E-state index is 11.0. The van der Waals surface area contributed by atoms with Crippen LogP contribution in [-0.2, 0) is 14.3 Å². The van der Waals surface area contributed by atoms with Crippen LogP contribution >= 0.6 is 0 Å². The van der Waals surface area contributed by atoms with Gasteiger partial charge in [0.05, 0.1) is 6.10 Å². The van der Waals surface area contributed by atoms with Crippen LogP contribution in [0.1, 0.15) is 39.0 Å². The molecule has 0 aromatic carbocycles. The van der Waals surface area contributed by atoms with Gasteiger partial charge >= 0.3 is 5.97 Å². The monoisotopic (exact) mass is 202 g/mol. The Hall–Kier alpha value is -0.900. The third-order valence-corrected chi connectivity index (χ3v) is 2.07. The number of Topliss-reactive ketones (excluding diaryl/α,β-unsaturated/α-hetero) is 1. The van der Waals surface area contributed by atoms with E-state index in [-0.39, 0.29) is 18.3 Å². The van der Waals surface area contributed by atoms with Crippen LogP contribution in [-0.4, -0.2) is 30.1 Å². The summed E-state index contributed by atoms with van der Waals surface area (Å²) in [5.41, 5.74) is 0. The van der Waals surface area contributed by atoms with E-state index in [2.05, 4.69) is 0 Å². The van der Waals surface area contributed by atoms with Gasteiger partial charge in [0.25, 0.3) is 0 Å². The smallest absolute Gasteiger partial charge is 0.310 e. The predicted octanol–water partition coefficient (Wildman–Crippen LogP) is 1.63. The Kier molecular flexibility index (Phi) is 7.02. The third-order valence-electron chi connectivity index (χ3n) is 2.07. The minimum atomic E-state index is -1.04. The summed E-state index contributed by atoms with van der Waals surface area (Å²) in [4.78, 5) is 21.1. The number of carboxylic acid groups (broad SMARTS) is 1. The molecule has 0 rings (SSSR count). The van der Waals surface area contributed by atoms with E-state index in [1.807, 2.05) is 6.92 Å². The molecule has 0 amide bonds. The molecule has 0 fully saturated rings. The number of methoxy groups -OCH3 is 1. The lowest BCUT2D eigenvalue weighted by atomic mass is 10.1. The highest BCUT2D eigenvalue weighted by atomic mass is 16.5. The lowest BCUT2D eigenvalue weighted by Crippen LogP contribution is -2.07. The molecule has 4 nitrogen and oxygen atoms in total. The van der Waals surface area contributed by atoms with Crippen LogP contribution in [0.4, 0.5) is 0 Å². The Morgan fingerprint density at radius 3 is 2.50 bits per heavy atom. The molecule has 0 aromatic heterocycles. The molecule has 0 aliphatic rings. The molecule has 1 atom stereocenters. The summed E-state index contributed by atoms with van der Waals surface area (Å²) in [6.45, 7) is 1.97. The van der Waals surface area contributed by atoms with E-state index < -0.39 is 5.97 Å². The van der Waals surface area contributed by atoms with Crippen LogP contribution in [0.25, 0.3) is 0 Å². The van der Waals surface area contributed by atoms with Gasteiger partial charge < -0.3 is 9.84 Å². The summed E-state index contributed by atoms with van der Waals surface area (Å²) < 4.78 is 5.04. The summed E-state index contributed by atoms with van der Waals surface area (Å²) in [6, 6.07) is 0. The molecule has 14 heavy (non-hydrogen) atoms. The van der Waals surface area contributed by atoms with Gasteiger partial charge in [0, 0.05) is 13.5 Å². The largest absolute Gasteiger partial charge is 0.481 e.